The maximum absolute atomic E-state index is 12.1. The van der Waals surface area contributed by atoms with E-state index in [0.717, 1.165) is 5.56 Å². The number of rotatable bonds is 7. The van der Waals surface area contributed by atoms with Crippen molar-refractivity contribution in [3.05, 3.63) is 76.5 Å². The third-order valence-electron chi connectivity index (χ3n) is 3.67. The normalized spacial score (nSPS) is 10.4. The van der Waals surface area contributed by atoms with E-state index in [-0.39, 0.29) is 24.8 Å². The van der Waals surface area contributed by atoms with Crippen molar-refractivity contribution < 1.29 is 24.0 Å². The predicted molar refractivity (Wildman–Crippen MR) is 97.3 cm³/mol. The summed E-state index contributed by atoms with van der Waals surface area (Å²) in [4.78, 5) is 22.2. The second-order valence-corrected chi connectivity index (χ2v) is 5.59. The van der Waals surface area contributed by atoms with Gasteiger partial charge in [-0.15, -0.1) is 0 Å². The molecule has 0 atom stereocenters. The van der Waals surface area contributed by atoms with Crippen LogP contribution in [0.1, 0.15) is 5.76 Å². The van der Waals surface area contributed by atoms with Crippen LogP contribution in [0.2, 0.25) is 0 Å². The number of amides is 1. The molecule has 0 unspecified atom stereocenters. The Morgan fingerprint density at radius 1 is 1.15 bits per heavy atom. The van der Waals surface area contributed by atoms with Crippen molar-refractivity contribution in [1.29, 1.82) is 0 Å². The number of nitro benzene ring substituents is 1. The molecule has 3 aromatic rings. The zero-order valence-electron chi connectivity index (χ0n) is 14.1. The van der Waals surface area contributed by atoms with E-state index in [0.29, 0.717) is 23.0 Å². The third-order valence-corrected chi connectivity index (χ3v) is 3.67. The molecule has 0 aliphatic carbocycles. The van der Waals surface area contributed by atoms with E-state index in [4.69, 9.17) is 14.3 Å². The van der Waals surface area contributed by atoms with Crippen LogP contribution in [-0.2, 0) is 11.4 Å². The Hall–Kier alpha value is -3.65. The number of aliphatic hydroxyl groups excluding tert-OH is 1. The highest BCUT2D eigenvalue weighted by Crippen LogP contribution is 2.25. The number of hydrogen-bond donors (Lipinski definition) is 2. The van der Waals surface area contributed by atoms with Crippen molar-refractivity contribution >= 4 is 17.3 Å². The molecule has 27 heavy (non-hydrogen) atoms. The summed E-state index contributed by atoms with van der Waals surface area (Å²) in [6.07, 6.45) is 0. The van der Waals surface area contributed by atoms with Gasteiger partial charge in [0.1, 0.15) is 23.9 Å². The largest absolute Gasteiger partial charge is 0.484 e. The lowest BCUT2D eigenvalue weighted by atomic mass is 10.1. The Morgan fingerprint density at radius 2 is 1.93 bits per heavy atom. The van der Waals surface area contributed by atoms with E-state index in [1.165, 1.54) is 24.3 Å². The number of nitrogens with one attached hydrogen (secondary N) is 1. The molecule has 138 valence electrons. The van der Waals surface area contributed by atoms with Crippen LogP contribution in [0, 0.1) is 10.1 Å². The van der Waals surface area contributed by atoms with Crippen LogP contribution in [0.3, 0.4) is 0 Å². The first-order valence-corrected chi connectivity index (χ1v) is 8.02. The van der Waals surface area contributed by atoms with E-state index < -0.39 is 4.92 Å². The molecule has 3 rings (SSSR count). The Bertz CT molecular complexity index is 949. The lowest BCUT2D eigenvalue weighted by Gasteiger charge is -2.08. The molecular formula is C19H16N2O6. The Labute approximate surface area is 154 Å². The number of benzene rings is 2. The summed E-state index contributed by atoms with van der Waals surface area (Å²) in [6.45, 7) is -0.423. The van der Waals surface area contributed by atoms with Gasteiger partial charge in [-0.2, -0.15) is 0 Å². The molecule has 1 heterocycles. The van der Waals surface area contributed by atoms with Crippen LogP contribution in [0.5, 0.6) is 5.75 Å². The third kappa shape index (κ3) is 4.71. The van der Waals surface area contributed by atoms with Crippen LogP contribution in [0.15, 0.2) is 65.1 Å². The van der Waals surface area contributed by atoms with Crippen LogP contribution in [-0.4, -0.2) is 22.5 Å². The molecule has 0 bridgehead atoms. The molecule has 2 N–H and O–H groups in total. The van der Waals surface area contributed by atoms with Crippen molar-refractivity contribution in [1.82, 2.24) is 0 Å². The van der Waals surface area contributed by atoms with Crippen molar-refractivity contribution in [2.45, 2.75) is 6.61 Å². The Morgan fingerprint density at radius 3 is 2.59 bits per heavy atom. The molecule has 0 spiro atoms. The average Bonchev–Trinajstić information content (AvgIpc) is 3.16. The van der Waals surface area contributed by atoms with E-state index >= 15 is 0 Å². The maximum Gasteiger partial charge on any atom is 0.269 e. The fraction of sp³-hybridized carbons (Fsp3) is 0.105. The second kappa shape index (κ2) is 8.15. The summed E-state index contributed by atoms with van der Waals surface area (Å²) in [5.74, 6) is 1.02. The molecule has 8 heteroatoms. The summed E-state index contributed by atoms with van der Waals surface area (Å²) in [7, 11) is 0. The van der Waals surface area contributed by atoms with E-state index in [2.05, 4.69) is 5.32 Å². The van der Waals surface area contributed by atoms with E-state index in [1.54, 1.807) is 30.3 Å². The number of aliphatic hydroxyl groups is 1. The smallest absolute Gasteiger partial charge is 0.269 e. The molecule has 2 aromatic carbocycles. The Kier molecular flexibility index (Phi) is 5.48. The van der Waals surface area contributed by atoms with Gasteiger partial charge in [-0.05, 0) is 36.4 Å². The average molecular weight is 368 g/mol. The molecule has 0 aliphatic rings. The van der Waals surface area contributed by atoms with Gasteiger partial charge in [-0.25, -0.2) is 0 Å². The lowest BCUT2D eigenvalue weighted by Crippen LogP contribution is -2.20. The number of nitro groups is 1. The molecule has 0 fully saturated rings. The van der Waals surface area contributed by atoms with Gasteiger partial charge >= 0.3 is 0 Å². The van der Waals surface area contributed by atoms with Crippen molar-refractivity contribution in [2.75, 3.05) is 11.9 Å². The molecule has 0 radical (unpaired) electrons. The van der Waals surface area contributed by atoms with E-state index in [1.807, 2.05) is 6.07 Å². The quantitative estimate of drug-likeness (QED) is 0.488. The fourth-order valence-electron chi connectivity index (χ4n) is 2.38. The zero-order valence-corrected chi connectivity index (χ0v) is 14.1. The monoisotopic (exact) mass is 368 g/mol. The first-order valence-electron chi connectivity index (χ1n) is 8.02. The second-order valence-electron chi connectivity index (χ2n) is 5.59. The first-order chi connectivity index (χ1) is 13.0. The minimum Gasteiger partial charge on any atom is -0.484 e. The number of carbonyl (C=O) groups excluding carboxylic acids is 1. The lowest BCUT2D eigenvalue weighted by molar-refractivity contribution is -0.384. The zero-order chi connectivity index (χ0) is 19.2. The highest BCUT2D eigenvalue weighted by atomic mass is 16.6. The van der Waals surface area contributed by atoms with Crippen molar-refractivity contribution in [2.24, 2.45) is 0 Å². The highest BCUT2D eigenvalue weighted by Gasteiger charge is 2.09. The highest BCUT2D eigenvalue weighted by molar-refractivity contribution is 5.92. The van der Waals surface area contributed by atoms with Crippen LogP contribution < -0.4 is 10.1 Å². The van der Waals surface area contributed by atoms with Crippen molar-refractivity contribution in [3.63, 3.8) is 0 Å². The summed E-state index contributed by atoms with van der Waals surface area (Å²) in [5, 5.41) is 22.4. The standard InChI is InChI=1S/C19H16N2O6/c22-11-17-8-9-18(27-17)13-2-1-3-14(10-13)20-19(23)12-26-16-6-4-15(5-7-16)21(24)25/h1-10,22H,11-12H2,(H,20,23). The summed E-state index contributed by atoms with van der Waals surface area (Å²) in [6, 6.07) is 16.0. The number of anilines is 1. The van der Waals surface area contributed by atoms with Crippen molar-refractivity contribution in [3.8, 4) is 17.1 Å². The van der Waals surface area contributed by atoms with E-state index in [9.17, 15) is 14.9 Å². The fourth-order valence-corrected chi connectivity index (χ4v) is 2.38. The van der Waals surface area contributed by atoms with Gasteiger partial charge < -0.3 is 19.6 Å². The molecule has 1 amide bonds. The number of ether oxygens (including phenoxy) is 1. The summed E-state index contributed by atoms with van der Waals surface area (Å²) < 4.78 is 10.8. The molecule has 8 nitrogen and oxygen atoms in total. The maximum atomic E-state index is 12.1. The number of nitrogens with zero attached hydrogens (tertiary/aromatic N) is 1. The molecule has 1 aromatic heterocycles. The summed E-state index contributed by atoms with van der Waals surface area (Å²) in [5.41, 5.74) is 1.27. The van der Waals surface area contributed by atoms with Crippen LogP contribution in [0.25, 0.3) is 11.3 Å². The van der Waals surface area contributed by atoms with Crippen LogP contribution >= 0.6 is 0 Å². The SMILES string of the molecule is O=C(COc1ccc([N+](=O)[O-])cc1)Nc1cccc(-c2ccc(CO)o2)c1. The van der Waals surface area contributed by atoms with Gasteiger partial charge in [-0.3, -0.25) is 14.9 Å². The predicted octanol–water partition coefficient (Wildman–Crippen LogP) is 3.36. The van der Waals surface area contributed by atoms with Gasteiger partial charge in [0.2, 0.25) is 0 Å². The first kappa shape index (κ1) is 18.2. The number of furan rings is 1. The van der Waals surface area contributed by atoms with Gasteiger partial charge in [-0.1, -0.05) is 12.1 Å². The molecule has 0 aliphatic heterocycles. The van der Waals surface area contributed by atoms with Gasteiger partial charge in [0.15, 0.2) is 6.61 Å². The molecule has 0 saturated carbocycles. The summed E-state index contributed by atoms with van der Waals surface area (Å²) >= 11 is 0. The van der Waals surface area contributed by atoms with Gasteiger partial charge in [0.05, 0.1) is 4.92 Å². The van der Waals surface area contributed by atoms with Gasteiger partial charge in [0, 0.05) is 23.4 Å². The number of hydrogen-bond acceptors (Lipinski definition) is 6. The van der Waals surface area contributed by atoms with Gasteiger partial charge in [0.25, 0.3) is 11.6 Å². The number of non-ortho nitro benzene ring substituents is 1. The molecule has 0 saturated heterocycles. The minimum absolute atomic E-state index is 0.0501. The number of carbonyl (C=O) groups is 1. The van der Waals surface area contributed by atoms with Crippen LogP contribution in [0.4, 0.5) is 11.4 Å². The topological polar surface area (TPSA) is 115 Å². The molecular weight excluding hydrogens is 352 g/mol. The Balaban J connectivity index is 1.59. The minimum atomic E-state index is -0.508.